The predicted octanol–water partition coefficient (Wildman–Crippen LogP) is 13.9. The lowest BCUT2D eigenvalue weighted by atomic mass is 9.97. The molecule has 49 heavy (non-hydrogen) atoms. The Hall–Kier alpha value is -6.16. The van der Waals surface area contributed by atoms with Crippen LogP contribution in [-0.4, -0.2) is 0 Å². The van der Waals surface area contributed by atoms with E-state index in [0.717, 1.165) is 44.6 Å². The largest absolute Gasteiger partial charge is 0.456 e. The summed E-state index contributed by atoms with van der Waals surface area (Å²) in [6.07, 6.45) is 0. The highest BCUT2D eigenvalue weighted by Crippen LogP contribution is 2.43. The van der Waals surface area contributed by atoms with E-state index in [2.05, 4.69) is 169 Å². The minimum atomic E-state index is 0.909. The Balaban J connectivity index is 1.11. The Morgan fingerprint density at radius 1 is 0.388 bits per heavy atom. The first kappa shape index (κ1) is 27.9. The molecule has 0 saturated heterocycles. The zero-order valence-electron chi connectivity index (χ0n) is 26.5. The van der Waals surface area contributed by atoms with Crippen molar-refractivity contribution in [1.29, 1.82) is 0 Å². The van der Waals surface area contributed by atoms with Crippen LogP contribution in [0, 0.1) is 0 Å². The molecule has 0 atom stereocenters. The number of nitrogens with zero attached hydrogens (tertiary/aromatic N) is 1. The molecular formula is C46H29NOS. The summed E-state index contributed by atoms with van der Waals surface area (Å²) < 4.78 is 8.82. The number of thiophene rings is 1. The van der Waals surface area contributed by atoms with E-state index >= 15 is 0 Å². The smallest absolute Gasteiger partial charge is 0.136 e. The molecule has 0 spiro atoms. The molecule has 0 amide bonds. The van der Waals surface area contributed by atoms with Gasteiger partial charge < -0.3 is 9.32 Å². The van der Waals surface area contributed by atoms with E-state index in [9.17, 15) is 0 Å². The van der Waals surface area contributed by atoms with Gasteiger partial charge in [0.05, 0.1) is 0 Å². The number of fused-ring (bicyclic) bond motifs is 7. The van der Waals surface area contributed by atoms with Gasteiger partial charge in [-0.3, -0.25) is 0 Å². The molecule has 10 rings (SSSR count). The van der Waals surface area contributed by atoms with E-state index in [1.165, 1.54) is 47.6 Å². The van der Waals surface area contributed by atoms with Gasteiger partial charge in [0.15, 0.2) is 0 Å². The highest BCUT2D eigenvalue weighted by atomic mass is 32.1. The maximum atomic E-state index is 6.21. The number of hydrogen-bond donors (Lipinski definition) is 0. The first-order chi connectivity index (χ1) is 24.3. The maximum Gasteiger partial charge on any atom is 0.136 e. The van der Waals surface area contributed by atoms with Crippen LogP contribution >= 0.6 is 11.3 Å². The van der Waals surface area contributed by atoms with Crippen LogP contribution in [-0.2, 0) is 0 Å². The Kier molecular flexibility index (Phi) is 6.39. The predicted molar refractivity (Wildman–Crippen MR) is 210 cm³/mol. The van der Waals surface area contributed by atoms with Gasteiger partial charge in [0.2, 0.25) is 0 Å². The molecule has 0 saturated carbocycles. The van der Waals surface area contributed by atoms with Crippen molar-refractivity contribution in [2.45, 2.75) is 0 Å². The second-order valence-electron chi connectivity index (χ2n) is 12.5. The third kappa shape index (κ3) is 4.62. The molecule has 0 bridgehead atoms. The number of benzene rings is 8. The number of para-hydroxylation sites is 1. The lowest BCUT2D eigenvalue weighted by Crippen LogP contribution is -2.09. The number of rotatable bonds is 5. The van der Waals surface area contributed by atoms with Crippen molar-refractivity contribution in [3.8, 4) is 22.3 Å². The van der Waals surface area contributed by atoms with Crippen LogP contribution in [0.3, 0.4) is 0 Å². The minimum Gasteiger partial charge on any atom is -0.456 e. The average molecular weight is 644 g/mol. The fourth-order valence-corrected chi connectivity index (χ4v) is 8.46. The summed E-state index contributed by atoms with van der Waals surface area (Å²) in [5.41, 5.74) is 9.94. The topological polar surface area (TPSA) is 16.4 Å². The van der Waals surface area contributed by atoms with E-state index in [0.29, 0.717) is 0 Å². The molecule has 8 aromatic carbocycles. The Bertz CT molecular complexity index is 2820. The molecular weight excluding hydrogens is 615 g/mol. The summed E-state index contributed by atoms with van der Waals surface area (Å²) in [5.74, 6) is 0. The quantitative estimate of drug-likeness (QED) is 0.186. The standard InChI is InChI=1S/C46H29NOS/c1-2-11-36-30(9-1)10-7-14-37(36)31-19-23-33(24-20-31)47(35-27-28-45-41(29-35)39-12-4-6-18-44(39)49-45)34-25-21-32(22-26-34)38-15-8-17-43-46(38)40-13-3-5-16-42(40)48-43/h1-29H. The summed E-state index contributed by atoms with van der Waals surface area (Å²) in [6, 6.07) is 63.3. The molecule has 230 valence electrons. The second kappa shape index (κ2) is 11.2. The first-order valence-electron chi connectivity index (χ1n) is 16.6. The van der Waals surface area contributed by atoms with Crippen molar-refractivity contribution >= 4 is 81.3 Å². The molecule has 0 aliphatic rings. The van der Waals surface area contributed by atoms with Crippen LogP contribution in [0.1, 0.15) is 0 Å². The highest BCUT2D eigenvalue weighted by Gasteiger charge is 2.17. The van der Waals surface area contributed by atoms with Crippen LogP contribution in [0.2, 0.25) is 0 Å². The molecule has 0 radical (unpaired) electrons. The van der Waals surface area contributed by atoms with Crippen molar-refractivity contribution < 1.29 is 4.42 Å². The van der Waals surface area contributed by atoms with Crippen LogP contribution in [0.25, 0.3) is 75.1 Å². The average Bonchev–Trinajstić information content (AvgIpc) is 3.74. The zero-order chi connectivity index (χ0) is 32.3. The molecule has 0 fully saturated rings. The second-order valence-corrected chi connectivity index (χ2v) is 13.6. The molecule has 10 aromatic rings. The van der Waals surface area contributed by atoms with E-state index in [1.54, 1.807) is 0 Å². The third-order valence-corrected chi connectivity index (χ3v) is 10.8. The molecule has 2 nitrogen and oxygen atoms in total. The van der Waals surface area contributed by atoms with Gasteiger partial charge in [-0.25, -0.2) is 0 Å². The first-order valence-corrected chi connectivity index (χ1v) is 17.4. The summed E-state index contributed by atoms with van der Waals surface area (Å²) in [7, 11) is 0. The number of hydrogen-bond acceptors (Lipinski definition) is 3. The minimum absolute atomic E-state index is 0.909. The van der Waals surface area contributed by atoms with Crippen LogP contribution in [0.4, 0.5) is 17.1 Å². The van der Waals surface area contributed by atoms with Gasteiger partial charge in [-0.15, -0.1) is 11.3 Å². The van der Waals surface area contributed by atoms with Crippen molar-refractivity contribution in [3.63, 3.8) is 0 Å². The van der Waals surface area contributed by atoms with Gasteiger partial charge in [-0.1, -0.05) is 115 Å². The van der Waals surface area contributed by atoms with Gasteiger partial charge in [-0.05, 0) is 93.7 Å². The molecule has 0 aliphatic heterocycles. The molecule has 2 heterocycles. The van der Waals surface area contributed by atoms with E-state index in [-0.39, 0.29) is 0 Å². The normalized spacial score (nSPS) is 11.7. The van der Waals surface area contributed by atoms with Crippen molar-refractivity contribution in [2.24, 2.45) is 0 Å². The highest BCUT2D eigenvalue weighted by molar-refractivity contribution is 7.25. The van der Waals surface area contributed by atoms with Crippen molar-refractivity contribution in [2.75, 3.05) is 4.90 Å². The van der Waals surface area contributed by atoms with Crippen molar-refractivity contribution in [1.82, 2.24) is 0 Å². The Morgan fingerprint density at radius 3 is 1.78 bits per heavy atom. The van der Waals surface area contributed by atoms with E-state index in [1.807, 2.05) is 23.5 Å². The fourth-order valence-electron chi connectivity index (χ4n) is 7.37. The third-order valence-electron chi connectivity index (χ3n) is 9.68. The molecule has 2 aromatic heterocycles. The molecule has 3 heteroatoms. The van der Waals surface area contributed by atoms with Crippen LogP contribution in [0.15, 0.2) is 180 Å². The van der Waals surface area contributed by atoms with E-state index < -0.39 is 0 Å². The Morgan fingerprint density at radius 2 is 0.959 bits per heavy atom. The molecule has 0 N–H and O–H groups in total. The lowest BCUT2D eigenvalue weighted by Gasteiger charge is -2.26. The summed E-state index contributed by atoms with van der Waals surface area (Å²) in [6.45, 7) is 0. The van der Waals surface area contributed by atoms with Gasteiger partial charge in [0, 0.05) is 48.0 Å². The monoisotopic (exact) mass is 643 g/mol. The summed E-state index contributed by atoms with van der Waals surface area (Å²) >= 11 is 1.85. The number of furan rings is 1. The SMILES string of the molecule is c1ccc2c(-c3ccc(N(c4ccc(-c5cccc6oc7ccccc7c56)cc4)c4ccc5sc6ccccc6c5c4)cc3)cccc2c1. The van der Waals surface area contributed by atoms with Crippen LogP contribution < -0.4 is 4.90 Å². The zero-order valence-corrected chi connectivity index (χ0v) is 27.3. The van der Waals surface area contributed by atoms with Crippen LogP contribution in [0.5, 0.6) is 0 Å². The molecule has 0 aliphatic carbocycles. The van der Waals surface area contributed by atoms with Crippen molar-refractivity contribution in [3.05, 3.63) is 176 Å². The van der Waals surface area contributed by atoms with Gasteiger partial charge in [-0.2, -0.15) is 0 Å². The van der Waals surface area contributed by atoms with Gasteiger partial charge in [0.25, 0.3) is 0 Å². The lowest BCUT2D eigenvalue weighted by molar-refractivity contribution is 0.669. The Labute approximate surface area is 287 Å². The van der Waals surface area contributed by atoms with E-state index in [4.69, 9.17) is 4.42 Å². The molecule has 0 unspecified atom stereocenters. The summed E-state index contributed by atoms with van der Waals surface area (Å²) in [5, 5.41) is 7.39. The summed E-state index contributed by atoms with van der Waals surface area (Å²) in [4.78, 5) is 2.37. The number of anilines is 3. The van der Waals surface area contributed by atoms with Gasteiger partial charge in [0.1, 0.15) is 11.2 Å². The maximum absolute atomic E-state index is 6.21. The van der Waals surface area contributed by atoms with Gasteiger partial charge >= 0.3 is 0 Å². The fraction of sp³-hybridized carbons (Fsp3) is 0.